The second-order valence-corrected chi connectivity index (χ2v) is 3.49. The largest absolute Gasteiger partial charge is 0.356 e. The summed E-state index contributed by atoms with van der Waals surface area (Å²) in [4.78, 5) is 2.73. The van der Waals surface area contributed by atoms with Gasteiger partial charge in [-0.15, -0.1) is 0 Å². The van der Waals surface area contributed by atoms with E-state index in [1.807, 2.05) is 6.92 Å². The molecule has 1 nitrogen and oxygen atoms in total. The van der Waals surface area contributed by atoms with Gasteiger partial charge in [-0.2, -0.15) is 0 Å². The van der Waals surface area contributed by atoms with Gasteiger partial charge in [0.1, 0.15) is 5.82 Å². The number of aromatic amines is 1. The first-order valence-corrected chi connectivity index (χ1v) is 4.70. The molecule has 0 bridgehead atoms. The van der Waals surface area contributed by atoms with Crippen LogP contribution in [0, 0.1) is 24.4 Å². The van der Waals surface area contributed by atoms with Crippen molar-refractivity contribution >= 4 is 10.9 Å². The Labute approximate surface area is 84.9 Å². The third kappa shape index (κ3) is 1.32. The van der Waals surface area contributed by atoms with Crippen LogP contribution in [0.2, 0.25) is 0 Å². The summed E-state index contributed by atoms with van der Waals surface area (Å²) in [5.41, 5.74) is 1.35. The first kappa shape index (κ1) is 10.1. The average molecular weight is 213 g/mol. The molecule has 0 aliphatic rings. The number of hydrogen-bond acceptors (Lipinski definition) is 0. The lowest BCUT2D eigenvalue weighted by atomic mass is 10.1. The minimum atomic E-state index is -1.14. The van der Waals surface area contributed by atoms with E-state index in [1.54, 1.807) is 6.92 Å². The van der Waals surface area contributed by atoms with Gasteiger partial charge >= 0.3 is 0 Å². The number of halogens is 3. The Morgan fingerprint density at radius 1 is 1.20 bits per heavy atom. The predicted octanol–water partition coefficient (Wildman–Crippen LogP) is 3.46. The van der Waals surface area contributed by atoms with E-state index in [0.29, 0.717) is 23.7 Å². The number of benzene rings is 1. The number of aromatic nitrogens is 1. The molecule has 0 saturated carbocycles. The van der Waals surface area contributed by atoms with Crippen molar-refractivity contribution in [2.45, 2.75) is 20.3 Å². The van der Waals surface area contributed by atoms with Gasteiger partial charge in [-0.25, -0.2) is 13.2 Å². The van der Waals surface area contributed by atoms with Crippen LogP contribution in [0.25, 0.3) is 10.9 Å². The molecular formula is C11H10F3N. The van der Waals surface area contributed by atoms with E-state index in [-0.39, 0.29) is 10.9 Å². The summed E-state index contributed by atoms with van der Waals surface area (Å²) in [6, 6.07) is 0.563. The lowest BCUT2D eigenvalue weighted by Gasteiger charge is -1.99. The van der Waals surface area contributed by atoms with Crippen molar-refractivity contribution in [1.29, 1.82) is 0 Å². The van der Waals surface area contributed by atoms with Crippen LogP contribution in [-0.4, -0.2) is 4.98 Å². The number of nitrogens with one attached hydrogen (secondary N) is 1. The Morgan fingerprint density at radius 3 is 2.47 bits per heavy atom. The van der Waals surface area contributed by atoms with Gasteiger partial charge < -0.3 is 4.98 Å². The molecule has 1 heterocycles. The number of aryl methyl sites for hydroxylation is 2. The van der Waals surface area contributed by atoms with E-state index >= 15 is 0 Å². The fraction of sp³-hybridized carbons (Fsp3) is 0.273. The first-order valence-electron chi connectivity index (χ1n) is 4.70. The number of fused-ring (bicyclic) bond motifs is 1. The van der Waals surface area contributed by atoms with Crippen LogP contribution in [0.5, 0.6) is 0 Å². The van der Waals surface area contributed by atoms with Gasteiger partial charge in [0.05, 0.1) is 5.52 Å². The molecule has 4 heteroatoms. The normalized spacial score (nSPS) is 11.3. The third-order valence-corrected chi connectivity index (χ3v) is 2.59. The lowest BCUT2D eigenvalue weighted by molar-refractivity contribution is 0.505. The highest BCUT2D eigenvalue weighted by molar-refractivity contribution is 5.85. The Kier molecular flexibility index (Phi) is 2.21. The fourth-order valence-corrected chi connectivity index (χ4v) is 1.89. The van der Waals surface area contributed by atoms with Gasteiger partial charge in [0, 0.05) is 17.1 Å². The Balaban J connectivity index is 2.97. The number of hydrogen-bond donors (Lipinski definition) is 1. The zero-order chi connectivity index (χ0) is 11.2. The number of rotatable bonds is 1. The molecule has 15 heavy (non-hydrogen) atoms. The summed E-state index contributed by atoms with van der Waals surface area (Å²) in [6.07, 6.45) is 0.533. The van der Waals surface area contributed by atoms with E-state index < -0.39 is 17.5 Å². The van der Waals surface area contributed by atoms with E-state index in [1.165, 1.54) is 0 Å². The van der Waals surface area contributed by atoms with Gasteiger partial charge in [-0.1, -0.05) is 6.92 Å². The van der Waals surface area contributed by atoms with Gasteiger partial charge in [0.15, 0.2) is 11.6 Å². The lowest BCUT2D eigenvalue weighted by Crippen LogP contribution is -1.91. The molecule has 0 spiro atoms. The standard InChI is InChI=1S/C11H10F3N/c1-3-6-5(2)15-11-8(13)4-7(12)10(14)9(6)11/h4,15H,3H2,1-2H3. The summed E-state index contributed by atoms with van der Waals surface area (Å²) in [7, 11) is 0. The zero-order valence-electron chi connectivity index (χ0n) is 8.42. The van der Waals surface area contributed by atoms with E-state index in [0.717, 1.165) is 0 Å². The second kappa shape index (κ2) is 3.29. The maximum Gasteiger partial charge on any atom is 0.168 e. The first-order chi connectivity index (χ1) is 7.06. The summed E-state index contributed by atoms with van der Waals surface area (Å²) < 4.78 is 39.8. The Hall–Kier alpha value is -1.45. The zero-order valence-corrected chi connectivity index (χ0v) is 8.42. The van der Waals surface area contributed by atoms with Crippen LogP contribution in [0.3, 0.4) is 0 Å². The monoisotopic (exact) mass is 213 g/mol. The van der Waals surface area contributed by atoms with Crippen molar-refractivity contribution in [3.8, 4) is 0 Å². The highest BCUT2D eigenvalue weighted by atomic mass is 19.2. The topological polar surface area (TPSA) is 15.8 Å². The molecule has 0 radical (unpaired) electrons. The molecule has 0 aliphatic carbocycles. The SMILES string of the molecule is CCc1c(C)[nH]c2c(F)cc(F)c(F)c12. The highest BCUT2D eigenvalue weighted by Gasteiger charge is 2.18. The maximum atomic E-state index is 13.5. The Bertz CT molecular complexity index is 528. The smallest absolute Gasteiger partial charge is 0.168 e. The minimum absolute atomic E-state index is 0.0347. The molecule has 0 unspecified atom stereocenters. The molecular weight excluding hydrogens is 203 g/mol. The van der Waals surface area contributed by atoms with Crippen molar-refractivity contribution in [2.75, 3.05) is 0 Å². The van der Waals surface area contributed by atoms with Gasteiger partial charge in [-0.05, 0) is 18.9 Å². The molecule has 80 valence electrons. The fourth-order valence-electron chi connectivity index (χ4n) is 1.89. The molecule has 2 rings (SSSR count). The average Bonchev–Trinajstić information content (AvgIpc) is 2.52. The minimum Gasteiger partial charge on any atom is -0.356 e. The molecule has 0 aliphatic heterocycles. The number of H-pyrrole nitrogens is 1. The van der Waals surface area contributed by atoms with Crippen LogP contribution in [0.15, 0.2) is 6.07 Å². The van der Waals surface area contributed by atoms with Gasteiger partial charge in [0.25, 0.3) is 0 Å². The summed E-state index contributed by atoms with van der Waals surface area (Å²) in [5.74, 6) is -2.88. The summed E-state index contributed by atoms with van der Waals surface area (Å²) >= 11 is 0. The highest BCUT2D eigenvalue weighted by Crippen LogP contribution is 2.28. The molecule has 1 aromatic carbocycles. The molecule has 1 N–H and O–H groups in total. The summed E-state index contributed by atoms with van der Waals surface area (Å²) in [6.45, 7) is 3.54. The van der Waals surface area contributed by atoms with Crippen molar-refractivity contribution in [2.24, 2.45) is 0 Å². The molecule has 0 saturated heterocycles. The quantitative estimate of drug-likeness (QED) is 0.698. The van der Waals surface area contributed by atoms with Crippen molar-refractivity contribution < 1.29 is 13.2 Å². The van der Waals surface area contributed by atoms with Crippen LogP contribution in [0.1, 0.15) is 18.2 Å². The molecule has 2 aromatic rings. The molecule has 0 amide bonds. The Morgan fingerprint density at radius 2 is 1.87 bits per heavy atom. The maximum absolute atomic E-state index is 13.5. The van der Waals surface area contributed by atoms with Crippen LogP contribution in [-0.2, 0) is 6.42 Å². The van der Waals surface area contributed by atoms with Crippen LogP contribution >= 0.6 is 0 Å². The van der Waals surface area contributed by atoms with E-state index in [4.69, 9.17) is 0 Å². The second-order valence-electron chi connectivity index (χ2n) is 3.49. The summed E-state index contributed by atoms with van der Waals surface area (Å²) in [5, 5.41) is 0.0347. The van der Waals surface area contributed by atoms with E-state index in [9.17, 15) is 13.2 Å². The van der Waals surface area contributed by atoms with Crippen LogP contribution in [0.4, 0.5) is 13.2 Å². The molecule has 0 fully saturated rings. The molecule has 1 aromatic heterocycles. The van der Waals surface area contributed by atoms with Crippen molar-refractivity contribution in [1.82, 2.24) is 4.98 Å². The third-order valence-electron chi connectivity index (χ3n) is 2.59. The van der Waals surface area contributed by atoms with Crippen LogP contribution < -0.4 is 0 Å². The van der Waals surface area contributed by atoms with Crippen molar-refractivity contribution in [3.63, 3.8) is 0 Å². The van der Waals surface area contributed by atoms with Gasteiger partial charge in [-0.3, -0.25) is 0 Å². The van der Waals surface area contributed by atoms with Gasteiger partial charge in [0.2, 0.25) is 0 Å². The van der Waals surface area contributed by atoms with E-state index in [2.05, 4.69) is 4.98 Å². The molecule has 0 atom stereocenters. The predicted molar refractivity (Wildman–Crippen MR) is 52.3 cm³/mol. The van der Waals surface area contributed by atoms with Crippen molar-refractivity contribution in [3.05, 3.63) is 34.8 Å².